The summed E-state index contributed by atoms with van der Waals surface area (Å²) in [5.74, 6) is -0.00151. The lowest BCUT2D eigenvalue weighted by Gasteiger charge is -2.54. The molecule has 2 aliphatic heterocycles. The van der Waals surface area contributed by atoms with Gasteiger partial charge in [-0.15, -0.1) is 0 Å². The lowest BCUT2D eigenvalue weighted by Crippen LogP contribution is -2.67. The minimum Gasteiger partial charge on any atom is -0.456 e. The number of hydrogen-bond donors (Lipinski definition) is 0. The largest absolute Gasteiger partial charge is 0.456 e. The van der Waals surface area contributed by atoms with E-state index in [9.17, 15) is 14.4 Å². The summed E-state index contributed by atoms with van der Waals surface area (Å²) in [6, 6.07) is 12.3. The Morgan fingerprint density at radius 3 is 2.64 bits per heavy atom. The number of likely N-dealkylation sites (tertiary alicyclic amines) is 1. The summed E-state index contributed by atoms with van der Waals surface area (Å²) in [7, 11) is 1.79. The van der Waals surface area contributed by atoms with E-state index in [0.717, 1.165) is 5.56 Å². The number of hydrogen-bond acceptors (Lipinski definition) is 5. The Kier molecular flexibility index (Phi) is 4.55. The molecule has 2 amide bonds. The Morgan fingerprint density at radius 2 is 1.93 bits per heavy atom. The van der Waals surface area contributed by atoms with Crippen LogP contribution in [0, 0.1) is 6.92 Å². The van der Waals surface area contributed by atoms with Crippen molar-refractivity contribution in [2.24, 2.45) is 0 Å². The van der Waals surface area contributed by atoms with Crippen LogP contribution in [0.3, 0.4) is 0 Å². The topological polar surface area (TPSA) is 80.1 Å². The lowest BCUT2D eigenvalue weighted by molar-refractivity contribution is -0.180. The summed E-state index contributed by atoms with van der Waals surface area (Å²) in [5.41, 5.74) is 0.104. The Balaban J connectivity index is 1.66. The molecule has 2 fully saturated rings. The highest BCUT2D eigenvalue weighted by atomic mass is 16.5. The summed E-state index contributed by atoms with van der Waals surface area (Å²) in [4.78, 5) is 40.5. The van der Waals surface area contributed by atoms with Gasteiger partial charge in [-0.25, -0.2) is 0 Å². The number of likely N-dealkylation sites (N-methyl/N-ethyl adjacent to an activating group) is 1. The maximum Gasteiger partial charge on any atom is 0.289 e. The molecule has 0 aliphatic carbocycles. The van der Waals surface area contributed by atoms with Crippen molar-refractivity contribution in [3.05, 3.63) is 69.8 Å². The zero-order chi connectivity index (χ0) is 19.9. The molecule has 0 unspecified atom stereocenters. The van der Waals surface area contributed by atoms with E-state index < -0.39 is 5.54 Å². The number of nitrogens with zero attached hydrogens (tertiary/aromatic N) is 2. The average Bonchev–Trinajstić information content (AvgIpc) is 2.70. The van der Waals surface area contributed by atoms with Crippen LogP contribution >= 0.6 is 0 Å². The van der Waals surface area contributed by atoms with Crippen LogP contribution in [0.5, 0.6) is 0 Å². The molecule has 0 bridgehead atoms. The van der Waals surface area contributed by atoms with Gasteiger partial charge in [-0.1, -0.05) is 30.3 Å². The molecule has 0 radical (unpaired) electrons. The van der Waals surface area contributed by atoms with E-state index in [1.807, 2.05) is 30.3 Å². The number of aryl methyl sites for hydroxylation is 1. The molecular weight excluding hydrogens is 360 g/mol. The first kappa shape index (κ1) is 18.4. The van der Waals surface area contributed by atoms with Crippen molar-refractivity contribution in [3.8, 4) is 0 Å². The van der Waals surface area contributed by atoms with Crippen LogP contribution in [0.4, 0.5) is 0 Å². The number of amides is 2. The molecular formula is C21H22N2O5. The zero-order valence-corrected chi connectivity index (χ0v) is 15.9. The summed E-state index contributed by atoms with van der Waals surface area (Å²) >= 11 is 0. The number of ether oxygens (including phenoxy) is 1. The summed E-state index contributed by atoms with van der Waals surface area (Å²) < 4.78 is 11.4. The van der Waals surface area contributed by atoms with E-state index in [1.54, 1.807) is 23.8 Å². The summed E-state index contributed by atoms with van der Waals surface area (Å²) in [5, 5.41) is 0. The van der Waals surface area contributed by atoms with E-state index in [2.05, 4.69) is 0 Å². The van der Waals surface area contributed by atoms with E-state index in [4.69, 9.17) is 9.15 Å². The van der Waals surface area contributed by atoms with E-state index in [1.165, 1.54) is 12.1 Å². The summed E-state index contributed by atoms with van der Waals surface area (Å²) in [6.45, 7) is 2.35. The fourth-order valence-corrected chi connectivity index (χ4v) is 4.27. The quantitative estimate of drug-likeness (QED) is 0.787. The fraction of sp³-hybridized carbons (Fsp3) is 0.381. The van der Waals surface area contributed by atoms with Crippen LogP contribution in [0.1, 0.15) is 28.3 Å². The molecule has 2 aromatic rings. The molecule has 28 heavy (non-hydrogen) atoms. The number of rotatable bonds is 2. The highest BCUT2D eigenvalue weighted by molar-refractivity contribution is 5.91. The third-order valence-corrected chi connectivity index (χ3v) is 5.72. The van der Waals surface area contributed by atoms with Crippen LogP contribution < -0.4 is 5.43 Å². The molecule has 146 valence electrons. The molecule has 2 aliphatic rings. The predicted molar refractivity (Wildman–Crippen MR) is 101 cm³/mol. The van der Waals surface area contributed by atoms with Crippen molar-refractivity contribution in [2.45, 2.75) is 25.0 Å². The van der Waals surface area contributed by atoms with Crippen LogP contribution in [0.15, 0.2) is 51.7 Å². The molecule has 3 heterocycles. The SMILES string of the molecule is Cc1cc(=O)cc(C(=O)N2CC[C@]3(c4ccccc4)[C@@H](C2)OCC(=O)N3C)o1. The van der Waals surface area contributed by atoms with Crippen molar-refractivity contribution in [1.82, 2.24) is 9.80 Å². The zero-order valence-electron chi connectivity index (χ0n) is 15.9. The normalized spacial score (nSPS) is 24.8. The van der Waals surface area contributed by atoms with Gasteiger partial charge < -0.3 is 19.0 Å². The van der Waals surface area contributed by atoms with Crippen LogP contribution in [0.25, 0.3) is 0 Å². The van der Waals surface area contributed by atoms with Crippen molar-refractivity contribution in [3.63, 3.8) is 0 Å². The fourth-order valence-electron chi connectivity index (χ4n) is 4.27. The van der Waals surface area contributed by atoms with Gasteiger partial charge in [0.25, 0.3) is 5.91 Å². The molecule has 2 saturated heterocycles. The van der Waals surface area contributed by atoms with Gasteiger partial charge in [-0.3, -0.25) is 14.4 Å². The Labute approximate surface area is 162 Å². The van der Waals surface area contributed by atoms with E-state index in [0.29, 0.717) is 25.3 Å². The molecule has 1 aromatic carbocycles. The smallest absolute Gasteiger partial charge is 0.289 e. The second-order valence-corrected chi connectivity index (χ2v) is 7.31. The van der Waals surface area contributed by atoms with Gasteiger partial charge in [-0.2, -0.15) is 0 Å². The first-order valence-electron chi connectivity index (χ1n) is 9.26. The Morgan fingerprint density at radius 1 is 1.18 bits per heavy atom. The monoisotopic (exact) mass is 382 g/mol. The Hall–Kier alpha value is -2.93. The molecule has 7 heteroatoms. The number of carbonyl (C=O) groups is 2. The number of benzene rings is 1. The molecule has 7 nitrogen and oxygen atoms in total. The minimum absolute atomic E-state index is 0.0166. The average molecular weight is 382 g/mol. The van der Waals surface area contributed by atoms with Crippen molar-refractivity contribution in [2.75, 3.05) is 26.7 Å². The first-order valence-corrected chi connectivity index (χ1v) is 9.26. The van der Waals surface area contributed by atoms with Crippen LogP contribution in [-0.2, 0) is 15.1 Å². The Bertz CT molecular complexity index is 970. The van der Waals surface area contributed by atoms with Gasteiger partial charge in [0.15, 0.2) is 11.2 Å². The standard InChI is InChI=1S/C21H22N2O5/c1-14-10-16(24)11-17(28-14)20(26)23-9-8-21(15-6-4-3-5-7-15)18(12-23)27-13-19(25)22(21)2/h3-7,10-11,18H,8-9,12-13H2,1-2H3/t18-,21+/m1/s1. The van der Waals surface area contributed by atoms with E-state index in [-0.39, 0.29) is 35.7 Å². The number of carbonyl (C=O) groups excluding carboxylic acids is 2. The van der Waals surface area contributed by atoms with Crippen LogP contribution in [-0.4, -0.2) is 54.5 Å². The second kappa shape index (κ2) is 6.91. The first-order chi connectivity index (χ1) is 13.4. The van der Waals surface area contributed by atoms with Gasteiger partial charge in [-0.05, 0) is 18.9 Å². The van der Waals surface area contributed by atoms with Crippen molar-refractivity contribution >= 4 is 11.8 Å². The number of morpholine rings is 1. The van der Waals surface area contributed by atoms with Crippen molar-refractivity contribution < 1.29 is 18.7 Å². The molecule has 0 spiro atoms. The maximum absolute atomic E-state index is 12.9. The van der Waals surface area contributed by atoms with Gasteiger partial charge in [0.05, 0.1) is 5.54 Å². The lowest BCUT2D eigenvalue weighted by atomic mass is 9.76. The third kappa shape index (κ3) is 2.92. The molecule has 2 atom stereocenters. The predicted octanol–water partition coefficient (Wildman–Crippen LogP) is 1.55. The number of piperidine rings is 1. The minimum atomic E-state index is -0.624. The van der Waals surface area contributed by atoms with Crippen LogP contribution in [0.2, 0.25) is 0 Å². The van der Waals surface area contributed by atoms with Gasteiger partial charge in [0.2, 0.25) is 5.91 Å². The summed E-state index contributed by atoms with van der Waals surface area (Å²) in [6.07, 6.45) is 0.165. The van der Waals surface area contributed by atoms with Gasteiger partial charge in [0.1, 0.15) is 18.5 Å². The molecule has 4 rings (SSSR count). The van der Waals surface area contributed by atoms with E-state index >= 15 is 0 Å². The molecule has 0 saturated carbocycles. The molecule has 0 N–H and O–H groups in total. The van der Waals surface area contributed by atoms with Gasteiger partial charge in [0, 0.05) is 32.3 Å². The van der Waals surface area contributed by atoms with Gasteiger partial charge >= 0.3 is 0 Å². The highest BCUT2D eigenvalue weighted by Crippen LogP contribution is 2.42. The second-order valence-electron chi connectivity index (χ2n) is 7.31. The molecule has 1 aromatic heterocycles. The highest BCUT2D eigenvalue weighted by Gasteiger charge is 2.53. The third-order valence-electron chi connectivity index (χ3n) is 5.72. The maximum atomic E-state index is 12.9. The number of fused-ring (bicyclic) bond motifs is 1. The van der Waals surface area contributed by atoms with Crippen molar-refractivity contribution in [1.29, 1.82) is 0 Å².